The number of carbonyl (C=O) groups excluding carboxylic acids is 2. The minimum Gasteiger partial charge on any atom is -0.493 e. The number of methoxy groups -OCH3 is 2. The van der Waals surface area contributed by atoms with E-state index in [1.54, 1.807) is 25.1 Å². The molecule has 0 bridgehead atoms. The monoisotopic (exact) mass is 528 g/mol. The number of allylic oxidation sites excluding steroid dienone is 1. The van der Waals surface area contributed by atoms with Crippen molar-refractivity contribution in [2.75, 3.05) is 14.2 Å². The van der Waals surface area contributed by atoms with Crippen LogP contribution in [0.5, 0.6) is 11.5 Å². The largest absolute Gasteiger partial charge is 0.493 e. The van der Waals surface area contributed by atoms with Crippen molar-refractivity contribution in [3.05, 3.63) is 103 Å². The molecule has 5 rings (SSSR count). The Balaban J connectivity index is 1.74. The van der Waals surface area contributed by atoms with E-state index in [9.17, 15) is 14.4 Å². The number of rotatable bonds is 5. The molecule has 4 aromatic rings. The molecule has 1 atom stereocenters. The summed E-state index contributed by atoms with van der Waals surface area (Å²) in [7, 11) is 2.74. The highest BCUT2D eigenvalue weighted by Crippen LogP contribution is 2.36. The Morgan fingerprint density at radius 1 is 1.03 bits per heavy atom. The predicted molar refractivity (Wildman–Crippen MR) is 144 cm³/mol. The van der Waals surface area contributed by atoms with Crippen LogP contribution in [0.15, 0.2) is 81.7 Å². The number of thiazole rings is 1. The van der Waals surface area contributed by atoms with Gasteiger partial charge in [-0.3, -0.25) is 14.2 Å². The van der Waals surface area contributed by atoms with Crippen molar-refractivity contribution in [2.45, 2.75) is 19.9 Å². The fourth-order valence-corrected chi connectivity index (χ4v) is 5.66. The normalized spacial score (nSPS) is 15.2. The molecule has 0 aliphatic carbocycles. The summed E-state index contributed by atoms with van der Waals surface area (Å²) in [6, 6.07) is 18.0. The molecule has 8 nitrogen and oxygen atoms in total. The second kappa shape index (κ2) is 10.1. The van der Waals surface area contributed by atoms with E-state index in [1.165, 1.54) is 37.0 Å². The molecule has 38 heavy (non-hydrogen) atoms. The second-order valence-electron chi connectivity index (χ2n) is 8.65. The Bertz CT molecular complexity index is 1810. The van der Waals surface area contributed by atoms with Crippen LogP contribution in [0, 0.1) is 0 Å². The van der Waals surface area contributed by atoms with Crippen LogP contribution in [-0.2, 0) is 14.3 Å². The van der Waals surface area contributed by atoms with Gasteiger partial charge in [-0.05, 0) is 47.0 Å². The Kier molecular flexibility index (Phi) is 6.69. The van der Waals surface area contributed by atoms with Gasteiger partial charge in [-0.15, -0.1) is 0 Å². The zero-order chi connectivity index (χ0) is 27.0. The van der Waals surface area contributed by atoms with Gasteiger partial charge in [0, 0.05) is 6.92 Å². The SMILES string of the molecule is COC(=O)C1=C(C)N=c2s/c(=C/c3cccc4ccccc34)c(=O)n2[C@H]1c1ccc(OC(C)=O)c(OC)c1. The van der Waals surface area contributed by atoms with E-state index in [-0.39, 0.29) is 22.6 Å². The summed E-state index contributed by atoms with van der Waals surface area (Å²) >= 11 is 1.25. The lowest BCUT2D eigenvalue weighted by Gasteiger charge is -2.25. The lowest BCUT2D eigenvalue weighted by atomic mass is 9.95. The number of carbonyl (C=O) groups is 2. The van der Waals surface area contributed by atoms with Gasteiger partial charge in [0.15, 0.2) is 16.3 Å². The predicted octanol–water partition coefficient (Wildman–Crippen LogP) is 3.50. The highest BCUT2D eigenvalue weighted by atomic mass is 32.1. The molecule has 192 valence electrons. The molecule has 0 amide bonds. The summed E-state index contributed by atoms with van der Waals surface area (Å²) in [6.07, 6.45) is 1.85. The highest BCUT2D eigenvalue weighted by molar-refractivity contribution is 7.07. The molecule has 0 fully saturated rings. The van der Waals surface area contributed by atoms with Gasteiger partial charge in [-0.2, -0.15) is 0 Å². The fourth-order valence-electron chi connectivity index (χ4n) is 4.62. The van der Waals surface area contributed by atoms with Crippen molar-refractivity contribution in [1.82, 2.24) is 4.57 Å². The molecule has 0 spiro atoms. The van der Waals surface area contributed by atoms with Crippen molar-refractivity contribution in [3.8, 4) is 11.5 Å². The van der Waals surface area contributed by atoms with Gasteiger partial charge in [0.1, 0.15) is 0 Å². The maximum atomic E-state index is 13.9. The molecule has 0 unspecified atom stereocenters. The molecule has 3 aromatic carbocycles. The molecule has 9 heteroatoms. The summed E-state index contributed by atoms with van der Waals surface area (Å²) in [4.78, 5) is 43.4. The molecule has 1 aliphatic rings. The number of esters is 2. The zero-order valence-electron chi connectivity index (χ0n) is 21.2. The summed E-state index contributed by atoms with van der Waals surface area (Å²) in [5.41, 5.74) is 1.87. The first-order chi connectivity index (χ1) is 18.3. The Morgan fingerprint density at radius 2 is 1.79 bits per heavy atom. The zero-order valence-corrected chi connectivity index (χ0v) is 22.0. The van der Waals surface area contributed by atoms with Gasteiger partial charge in [0.05, 0.1) is 36.1 Å². The van der Waals surface area contributed by atoms with Gasteiger partial charge in [-0.1, -0.05) is 59.9 Å². The quantitative estimate of drug-likeness (QED) is 0.291. The Labute approximate surface area is 221 Å². The van der Waals surface area contributed by atoms with Gasteiger partial charge in [-0.25, -0.2) is 9.79 Å². The van der Waals surface area contributed by atoms with Crippen LogP contribution in [0.4, 0.5) is 0 Å². The molecule has 2 heterocycles. The standard InChI is InChI=1S/C29H24N2O6S/c1-16-25(28(34)36-4)26(20-12-13-22(37-17(2)32)23(14-20)35-3)31-27(33)24(38-29(31)30-16)15-19-10-7-9-18-8-5-6-11-21(18)19/h5-15,26H,1-4H3/b24-15+/t26-/m0/s1. The van der Waals surface area contributed by atoms with Crippen molar-refractivity contribution < 1.29 is 23.8 Å². The van der Waals surface area contributed by atoms with Gasteiger partial charge in [0.25, 0.3) is 5.56 Å². The summed E-state index contributed by atoms with van der Waals surface area (Å²) in [5.74, 6) is -0.576. The Hall–Kier alpha value is -4.50. The van der Waals surface area contributed by atoms with E-state index in [2.05, 4.69) is 4.99 Å². The first-order valence-electron chi connectivity index (χ1n) is 11.8. The average Bonchev–Trinajstić information content (AvgIpc) is 3.21. The maximum absolute atomic E-state index is 13.9. The van der Waals surface area contributed by atoms with Crippen LogP contribution in [-0.4, -0.2) is 30.7 Å². The third-order valence-corrected chi connectivity index (χ3v) is 7.28. The first-order valence-corrected chi connectivity index (χ1v) is 12.6. The molecule has 0 N–H and O–H groups in total. The number of benzene rings is 3. The van der Waals surface area contributed by atoms with Crippen LogP contribution in [0.3, 0.4) is 0 Å². The van der Waals surface area contributed by atoms with E-state index in [0.29, 0.717) is 20.6 Å². The highest BCUT2D eigenvalue weighted by Gasteiger charge is 2.33. The second-order valence-corrected chi connectivity index (χ2v) is 9.65. The number of hydrogen-bond acceptors (Lipinski definition) is 8. The minimum absolute atomic E-state index is 0.229. The molecular weight excluding hydrogens is 504 g/mol. The van der Waals surface area contributed by atoms with Crippen LogP contribution in [0.2, 0.25) is 0 Å². The third-order valence-electron chi connectivity index (χ3n) is 6.29. The number of fused-ring (bicyclic) bond motifs is 2. The Morgan fingerprint density at radius 3 is 2.53 bits per heavy atom. The van der Waals surface area contributed by atoms with E-state index >= 15 is 0 Å². The van der Waals surface area contributed by atoms with Crippen molar-refractivity contribution in [3.63, 3.8) is 0 Å². The van der Waals surface area contributed by atoms with Crippen LogP contribution >= 0.6 is 11.3 Å². The first kappa shape index (κ1) is 25.2. The topological polar surface area (TPSA) is 96.2 Å². The fraction of sp³-hybridized carbons (Fsp3) is 0.172. The molecule has 0 radical (unpaired) electrons. The van der Waals surface area contributed by atoms with E-state index in [1.807, 2.05) is 48.5 Å². The number of ether oxygens (including phenoxy) is 3. The lowest BCUT2D eigenvalue weighted by molar-refractivity contribution is -0.136. The maximum Gasteiger partial charge on any atom is 0.338 e. The van der Waals surface area contributed by atoms with E-state index in [0.717, 1.165) is 16.3 Å². The van der Waals surface area contributed by atoms with E-state index in [4.69, 9.17) is 14.2 Å². The molecule has 1 aliphatic heterocycles. The number of nitrogens with zero attached hydrogens (tertiary/aromatic N) is 2. The molecule has 0 saturated carbocycles. The van der Waals surface area contributed by atoms with Gasteiger partial charge < -0.3 is 14.2 Å². The van der Waals surface area contributed by atoms with Crippen LogP contribution in [0.1, 0.15) is 31.0 Å². The van der Waals surface area contributed by atoms with E-state index < -0.39 is 18.0 Å². The van der Waals surface area contributed by atoms with Crippen molar-refractivity contribution >= 4 is 40.1 Å². The van der Waals surface area contributed by atoms with Crippen LogP contribution in [0.25, 0.3) is 16.8 Å². The molecule has 1 aromatic heterocycles. The number of hydrogen-bond donors (Lipinski definition) is 0. The summed E-state index contributed by atoms with van der Waals surface area (Å²) in [5, 5.41) is 2.09. The summed E-state index contributed by atoms with van der Waals surface area (Å²) < 4.78 is 17.7. The van der Waals surface area contributed by atoms with Crippen molar-refractivity contribution in [2.24, 2.45) is 4.99 Å². The van der Waals surface area contributed by atoms with Crippen molar-refractivity contribution in [1.29, 1.82) is 0 Å². The van der Waals surface area contributed by atoms with Gasteiger partial charge >= 0.3 is 11.9 Å². The summed E-state index contributed by atoms with van der Waals surface area (Å²) in [6.45, 7) is 3.01. The third kappa shape index (κ3) is 4.41. The molecule has 0 saturated heterocycles. The van der Waals surface area contributed by atoms with Gasteiger partial charge in [0.2, 0.25) is 0 Å². The van der Waals surface area contributed by atoms with Crippen LogP contribution < -0.4 is 24.4 Å². The average molecular weight is 529 g/mol. The molecular formula is C29H24N2O6S. The number of aromatic nitrogens is 1. The minimum atomic E-state index is -0.825. The lowest BCUT2D eigenvalue weighted by Crippen LogP contribution is -2.39. The smallest absolute Gasteiger partial charge is 0.338 e.